The summed E-state index contributed by atoms with van der Waals surface area (Å²) in [5.74, 6) is 0.489. The summed E-state index contributed by atoms with van der Waals surface area (Å²) >= 11 is 3.32. The van der Waals surface area contributed by atoms with Gasteiger partial charge in [0.2, 0.25) is 0 Å². The number of aromatic nitrogens is 2. The van der Waals surface area contributed by atoms with E-state index in [1.807, 2.05) is 6.07 Å². The summed E-state index contributed by atoms with van der Waals surface area (Å²) < 4.78 is 32.5. The normalized spacial score (nSPS) is 11.7. The van der Waals surface area contributed by atoms with Gasteiger partial charge in [-0.15, -0.1) is 0 Å². The SMILES string of the molecule is COc1cccc(S(=O)(=O)n2ccc3cc(Br)cnc32)c1. The van der Waals surface area contributed by atoms with Gasteiger partial charge in [0.1, 0.15) is 5.75 Å². The van der Waals surface area contributed by atoms with Crippen molar-refractivity contribution in [3.05, 3.63) is 53.3 Å². The Bertz CT molecular complexity index is 919. The molecule has 108 valence electrons. The second-order valence-electron chi connectivity index (χ2n) is 4.36. The predicted octanol–water partition coefficient (Wildman–Crippen LogP) is 3.04. The lowest BCUT2D eigenvalue weighted by Gasteiger charge is -2.08. The highest BCUT2D eigenvalue weighted by atomic mass is 79.9. The van der Waals surface area contributed by atoms with Crippen LogP contribution in [0.1, 0.15) is 0 Å². The zero-order valence-electron chi connectivity index (χ0n) is 11.0. The van der Waals surface area contributed by atoms with Crippen molar-refractivity contribution in [3.8, 4) is 5.75 Å². The maximum absolute atomic E-state index is 12.7. The molecule has 2 heterocycles. The van der Waals surface area contributed by atoms with Crippen LogP contribution in [0.3, 0.4) is 0 Å². The first-order valence-electron chi connectivity index (χ1n) is 6.04. The van der Waals surface area contributed by atoms with Crippen LogP contribution in [0.25, 0.3) is 11.0 Å². The highest BCUT2D eigenvalue weighted by Gasteiger charge is 2.20. The summed E-state index contributed by atoms with van der Waals surface area (Å²) in [7, 11) is -2.21. The van der Waals surface area contributed by atoms with Gasteiger partial charge in [0.15, 0.2) is 5.65 Å². The van der Waals surface area contributed by atoms with Crippen molar-refractivity contribution in [1.29, 1.82) is 0 Å². The molecule has 0 radical (unpaired) electrons. The lowest BCUT2D eigenvalue weighted by Crippen LogP contribution is -2.12. The molecule has 0 aliphatic heterocycles. The van der Waals surface area contributed by atoms with Gasteiger partial charge in [-0.3, -0.25) is 0 Å². The summed E-state index contributed by atoms with van der Waals surface area (Å²) in [6.45, 7) is 0. The number of halogens is 1. The molecule has 0 aliphatic rings. The fourth-order valence-corrected chi connectivity index (χ4v) is 3.74. The fraction of sp³-hybridized carbons (Fsp3) is 0.0714. The van der Waals surface area contributed by atoms with E-state index in [0.29, 0.717) is 11.4 Å². The Kier molecular flexibility index (Phi) is 3.46. The largest absolute Gasteiger partial charge is 0.497 e. The lowest BCUT2D eigenvalue weighted by atomic mass is 10.3. The third-order valence-corrected chi connectivity index (χ3v) is 5.15. The first-order valence-corrected chi connectivity index (χ1v) is 8.28. The van der Waals surface area contributed by atoms with E-state index in [-0.39, 0.29) is 4.90 Å². The average Bonchev–Trinajstić information content (AvgIpc) is 2.91. The number of ether oxygens (including phenoxy) is 1. The summed E-state index contributed by atoms with van der Waals surface area (Å²) in [5.41, 5.74) is 0.390. The minimum Gasteiger partial charge on any atom is -0.497 e. The minimum atomic E-state index is -3.71. The third-order valence-electron chi connectivity index (χ3n) is 3.06. The Hall–Kier alpha value is -1.86. The topological polar surface area (TPSA) is 61.2 Å². The van der Waals surface area contributed by atoms with Crippen LogP contribution in [0.2, 0.25) is 0 Å². The second-order valence-corrected chi connectivity index (χ2v) is 7.09. The summed E-state index contributed by atoms with van der Waals surface area (Å²) in [6, 6.07) is 9.89. The molecule has 1 aromatic carbocycles. The number of fused-ring (bicyclic) bond motifs is 1. The number of methoxy groups -OCH3 is 1. The highest BCUT2D eigenvalue weighted by molar-refractivity contribution is 9.10. The number of hydrogen-bond donors (Lipinski definition) is 0. The van der Waals surface area contributed by atoms with E-state index in [1.54, 1.807) is 24.4 Å². The smallest absolute Gasteiger partial charge is 0.269 e. The van der Waals surface area contributed by atoms with Gasteiger partial charge in [-0.2, -0.15) is 0 Å². The maximum atomic E-state index is 12.7. The van der Waals surface area contributed by atoms with Crippen molar-refractivity contribution in [2.45, 2.75) is 4.90 Å². The van der Waals surface area contributed by atoms with Crippen molar-refractivity contribution in [3.63, 3.8) is 0 Å². The van der Waals surface area contributed by atoms with Gasteiger partial charge < -0.3 is 4.74 Å². The van der Waals surface area contributed by atoms with Crippen LogP contribution in [0.4, 0.5) is 0 Å². The molecule has 0 bridgehead atoms. The quantitative estimate of drug-likeness (QED) is 0.714. The molecule has 0 saturated heterocycles. The molecule has 21 heavy (non-hydrogen) atoms. The number of hydrogen-bond acceptors (Lipinski definition) is 4. The number of rotatable bonds is 3. The van der Waals surface area contributed by atoms with E-state index in [9.17, 15) is 8.42 Å². The van der Waals surface area contributed by atoms with Crippen LogP contribution in [0, 0.1) is 0 Å². The van der Waals surface area contributed by atoms with Crippen molar-refractivity contribution >= 4 is 37.0 Å². The van der Waals surface area contributed by atoms with Crippen molar-refractivity contribution in [2.24, 2.45) is 0 Å². The van der Waals surface area contributed by atoms with Gasteiger partial charge in [-0.1, -0.05) is 6.07 Å². The van der Waals surface area contributed by atoms with E-state index in [4.69, 9.17) is 4.74 Å². The zero-order chi connectivity index (χ0) is 15.0. The van der Waals surface area contributed by atoms with E-state index in [2.05, 4.69) is 20.9 Å². The maximum Gasteiger partial charge on any atom is 0.269 e. The summed E-state index contributed by atoms with van der Waals surface area (Å²) in [4.78, 5) is 4.34. The van der Waals surface area contributed by atoms with Gasteiger partial charge in [0.25, 0.3) is 10.0 Å². The van der Waals surface area contributed by atoms with Crippen LogP contribution in [0.5, 0.6) is 5.75 Å². The van der Waals surface area contributed by atoms with Crippen LogP contribution < -0.4 is 4.74 Å². The molecule has 3 rings (SSSR count). The summed E-state index contributed by atoms with van der Waals surface area (Å²) in [6.07, 6.45) is 3.07. The lowest BCUT2D eigenvalue weighted by molar-refractivity contribution is 0.413. The monoisotopic (exact) mass is 366 g/mol. The molecule has 0 aliphatic carbocycles. The minimum absolute atomic E-state index is 0.157. The average molecular weight is 367 g/mol. The number of nitrogens with zero attached hydrogens (tertiary/aromatic N) is 2. The van der Waals surface area contributed by atoms with Crippen molar-refractivity contribution < 1.29 is 13.2 Å². The van der Waals surface area contributed by atoms with Gasteiger partial charge in [0, 0.05) is 28.3 Å². The highest BCUT2D eigenvalue weighted by Crippen LogP contribution is 2.24. The van der Waals surface area contributed by atoms with E-state index in [1.165, 1.54) is 29.4 Å². The number of pyridine rings is 1. The Labute approximate surface area is 130 Å². The molecule has 3 aromatic rings. The zero-order valence-corrected chi connectivity index (χ0v) is 13.4. The Morgan fingerprint density at radius 3 is 2.81 bits per heavy atom. The van der Waals surface area contributed by atoms with E-state index in [0.717, 1.165) is 9.86 Å². The summed E-state index contributed by atoms with van der Waals surface area (Å²) in [5, 5.41) is 0.746. The number of benzene rings is 1. The molecule has 0 spiro atoms. The van der Waals surface area contributed by atoms with E-state index < -0.39 is 10.0 Å². The van der Waals surface area contributed by atoms with Crippen molar-refractivity contribution in [1.82, 2.24) is 8.96 Å². The van der Waals surface area contributed by atoms with Gasteiger partial charge in [-0.25, -0.2) is 17.4 Å². The van der Waals surface area contributed by atoms with Gasteiger partial charge in [0.05, 0.1) is 12.0 Å². The Balaban J connectivity index is 2.20. The molecule has 0 N–H and O–H groups in total. The molecule has 0 amide bonds. The fourth-order valence-electron chi connectivity index (χ4n) is 2.04. The van der Waals surface area contributed by atoms with Crippen LogP contribution >= 0.6 is 15.9 Å². The van der Waals surface area contributed by atoms with Gasteiger partial charge in [-0.05, 0) is 40.2 Å². The molecule has 0 unspecified atom stereocenters. The van der Waals surface area contributed by atoms with E-state index >= 15 is 0 Å². The molecule has 7 heteroatoms. The molecule has 5 nitrogen and oxygen atoms in total. The standard InChI is InChI=1S/C14H11BrN2O3S/c1-20-12-3-2-4-13(8-12)21(18,19)17-6-5-10-7-11(15)9-16-14(10)17/h2-9H,1H3. The molecule has 0 atom stereocenters. The molecular weight excluding hydrogens is 356 g/mol. The molecule has 2 aromatic heterocycles. The van der Waals surface area contributed by atoms with Crippen LogP contribution in [-0.2, 0) is 10.0 Å². The molecule has 0 saturated carbocycles. The molecule has 0 fully saturated rings. The van der Waals surface area contributed by atoms with Gasteiger partial charge >= 0.3 is 0 Å². The van der Waals surface area contributed by atoms with Crippen LogP contribution in [-0.4, -0.2) is 24.5 Å². The first kappa shape index (κ1) is 14.1. The second kappa shape index (κ2) is 5.16. The Morgan fingerprint density at radius 2 is 2.05 bits per heavy atom. The Morgan fingerprint density at radius 1 is 1.24 bits per heavy atom. The third kappa shape index (κ3) is 2.43. The first-order chi connectivity index (χ1) is 10.0. The van der Waals surface area contributed by atoms with Crippen molar-refractivity contribution in [2.75, 3.05) is 7.11 Å². The van der Waals surface area contributed by atoms with Crippen LogP contribution in [0.15, 0.2) is 58.2 Å². The molecular formula is C14H11BrN2O3S. The predicted molar refractivity (Wildman–Crippen MR) is 83.0 cm³/mol.